The van der Waals surface area contributed by atoms with Crippen molar-refractivity contribution in [3.8, 4) is 0 Å². The third-order valence-electron chi connectivity index (χ3n) is 5.09. The highest BCUT2D eigenvalue weighted by Crippen LogP contribution is 2.60. The van der Waals surface area contributed by atoms with Gasteiger partial charge in [-0.1, -0.05) is 135 Å². The molecule has 0 nitrogen and oxygen atoms in total. The number of hydrogen-bond donors (Lipinski definition) is 0. The van der Waals surface area contributed by atoms with Crippen LogP contribution in [0.15, 0.2) is 84.6 Å². The van der Waals surface area contributed by atoms with Gasteiger partial charge in [0.25, 0.3) is 0 Å². The van der Waals surface area contributed by atoms with E-state index < -0.39 is 0 Å². The molecule has 2 bridgehead atoms. The molecule has 0 radical (unpaired) electrons. The Bertz CT molecular complexity index is 606. The van der Waals surface area contributed by atoms with Gasteiger partial charge in [-0.15, -0.1) is 0 Å². The topological polar surface area (TPSA) is 0 Å². The molecule has 0 aromatic carbocycles. The first-order valence-corrected chi connectivity index (χ1v) is 12.4. The van der Waals surface area contributed by atoms with Crippen LogP contribution in [-0.2, 0) is 0 Å². The first-order chi connectivity index (χ1) is 14.7. The van der Waals surface area contributed by atoms with E-state index in [1.165, 1.54) is 30.4 Å². The Labute approximate surface area is 190 Å². The Morgan fingerprint density at radius 3 is 2.17 bits per heavy atom. The molecule has 30 heavy (non-hydrogen) atoms. The van der Waals surface area contributed by atoms with E-state index in [0.717, 1.165) is 12.3 Å². The molecule has 0 aliphatic heterocycles. The molecule has 3 rings (SSSR count). The van der Waals surface area contributed by atoms with E-state index in [-0.39, 0.29) is 5.41 Å². The van der Waals surface area contributed by atoms with Crippen molar-refractivity contribution < 1.29 is 0 Å². The first-order valence-electron chi connectivity index (χ1n) is 12.4. The Kier molecular flexibility index (Phi) is 19.4. The molecular weight excluding hydrogens is 360 g/mol. The van der Waals surface area contributed by atoms with Gasteiger partial charge in [0.15, 0.2) is 0 Å². The van der Waals surface area contributed by atoms with Crippen molar-refractivity contribution in [1.29, 1.82) is 0 Å². The standard InChI is InChI=1S/C21H24.C3H8.3C2H6/c1-3-5-10-18(4-2)21(16-17-13-14-20(21)15-17)19-11-8-6-7-9-12-19;1-3-2;3*1-2/h3-6,8-14,17,20H,2,7,15-16H2,1H3;3H2,1-2H3;3*1-2H3/b5-3-,18-10+;;;;. The first kappa shape index (κ1) is 30.4. The van der Waals surface area contributed by atoms with Crippen molar-refractivity contribution >= 4 is 0 Å². The second-order valence-corrected chi connectivity index (χ2v) is 6.91. The predicted octanol–water partition coefficient (Wildman–Crippen LogP) is 10.2. The average molecular weight is 411 g/mol. The normalized spacial score (nSPS) is 25.4. The van der Waals surface area contributed by atoms with Gasteiger partial charge in [0, 0.05) is 5.41 Å². The lowest BCUT2D eigenvalue weighted by molar-refractivity contribution is 0.372. The lowest BCUT2D eigenvalue weighted by Crippen LogP contribution is -2.29. The molecule has 1 fully saturated rings. The number of rotatable bonds is 4. The highest BCUT2D eigenvalue weighted by atomic mass is 14.5. The highest BCUT2D eigenvalue weighted by molar-refractivity contribution is 5.49. The molecule has 0 heteroatoms. The molecule has 170 valence electrons. The number of hydrogen-bond acceptors (Lipinski definition) is 0. The van der Waals surface area contributed by atoms with Crippen molar-refractivity contribution in [2.24, 2.45) is 17.3 Å². The van der Waals surface area contributed by atoms with Gasteiger partial charge in [-0.25, -0.2) is 0 Å². The molecular formula is C30H50. The van der Waals surface area contributed by atoms with E-state index in [4.69, 9.17) is 0 Å². The van der Waals surface area contributed by atoms with E-state index in [2.05, 4.69) is 94.2 Å². The van der Waals surface area contributed by atoms with E-state index >= 15 is 0 Å². The summed E-state index contributed by atoms with van der Waals surface area (Å²) in [5, 5.41) is 0. The fourth-order valence-corrected chi connectivity index (χ4v) is 4.16. The van der Waals surface area contributed by atoms with Crippen molar-refractivity contribution in [1.82, 2.24) is 0 Å². The molecule has 0 amide bonds. The summed E-state index contributed by atoms with van der Waals surface area (Å²) in [6.45, 7) is 22.4. The largest absolute Gasteiger partial charge is 0.0988 e. The lowest BCUT2D eigenvalue weighted by Gasteiger charge is -2.38. The quantitative estimate of drug-likeness (QED) is 0.319. The van der Waals surface area contributed by atoms with E-state index in [9.17, 15) is 0 Å². The van der Waals surface area contributed by atoms with Crippen LogP contribution in [0, 0.1) is 17.3 Å². The zero-order chi connectivity index (χ0) is 23.4. The van der Waals surface area contributed by atoms with Gasteiger partial charge in [0.2, 0.25) is 0 Å². The predicted molar refractivity (Wildman–Crippen MR) is 142 cm³/mol. The minimum Gasteiger partial charge on any atom is -0.0988 e. The summed E-state index contributed by atoms with van der Waals surface area (Å²) in [6.07, 6.45) is 29.6. The second kappa shape index (κ2) is 19.2. The molecule has 0 saturated heterocycles. The summed E-state index contributed by atoms with van der Waals surface area (Å²) in [7, 11) is 0. The van der Waals surface area contributed by atoms with Crippen LogP contribution in [0.4, 0.5) is 0 Å². The van der Waals surface area contributed by atoms with Crippen molar-refractivity contribution in [3.05, 3.63) is 84.6 Å². The Balaban J connectivity index is 0. The molecule has 3 atom stereocenters. The smallest absolute Gasteiger partial charge is 0.0270 e. The van der Waals surface area contributed by atoms with Gasteiger partial charge in [-0.2, -0.15) is 0 Å². The van der Waals surface area contributed by atoms with E-state index in [1.807, 2.05) is 41.5 Å². The third-order valence-corrected chi connectivity index (χ3v) is 5.09. The van der Waals surface area contributed by atoms with Gasteiger partial charge >= 0.3 is 0 Å². The molecule has 0 heterocycles. The summed E-state index contributed by atoms with van der Waals surface area (Å²) in [5.74, 6) is 1.34. The Morgan fingerprint density at radius 1 is 1.07 bits per heavy atom. The molecule has 3 aliphatic rings. The second-order valence-electron chi connectivity index (χ2n) is 6.91. The maximum absolute atomic E-state index is 4.11. The number of allylic oxidation sites excluding steroid dienone is 13. The molecule has 0 spiro atoms. The van der Waals surface area contributed by atoms with Crippen LogP contribution in [0.25, 0.3) is 0 Å². The monoisotopic (exact) mass is 410 g/mol. The molecule has 3 unspecified atom stereocenters. The summed E-state index contributed by atoms with van der Waals surface area (Å²) in [4.78, 5) is 0. The lowest BCUT2D eigenvalue weighted by atomic mass is 9.64. The Morgan fingerprint density at radius 2 is 1.70 bits per heavy atom. The van der Waals surface area contributed by atoms with Crippen molar-refractivity contribution in [2.75, 3.05) is 0 Å². The van der Waals surface area contributed by atoms with Crippen molar-refractivity contribution in [2.45, 2.75) is 88.0 Å². The minimum atomic E-state index is 0.117. The highest BCUT2D eigenvalue weighted by Gasteiger charge is 2.51. The average Bonchev–Trinajstić information content (AvgIpc) is 3.31. The summed E-state index contributed by atoms with van der Waals surface area (Å²) >= 11 is 0. The van der Waals surface area contributed by atoms with Gasteiger partial charge in [-0.05, 0) is 49.2 Å². The zero-order valence-corrected chi connectivity index (χ0v) is 21.5. The van der Waals surface area contributed by atoms with Crippen LogP contribution >= 0.6 is 0 Å². The molecule has 0 N–H and O–H groups in total. The SMILES string of the molecule is C=C/C(=C\C=C/C)C1(C2=CC=CCC=C2)CC2C=CC1C2.CC.CC.CC.CCC. The van der Waals surface area contributed by atoms with Crippen LogP contribution in [0.3, 0.4) is 0 Å². The van der Waals surface area contributed by atoms with Crippen LogP contribution < -0.4 is 0 Å². The fourth-order valence-electron chi connectivity index (χ4n) is 4.16. The molecule has 3 aliphatic carbocycles. The minimum absolute atomic E-state index is 0.117. The molecule has 0 aromatic heterocycles. The fraction of sp³-hybridized carbons (Fsp3) is 0.533. The summed E-state index contributed by atoms with van der Waals surface area (Å²) in [6, 6.07) is 0. The molecule has 1 saturated carbocycles. The van der Waals surface area contributed by atoms with Gasteiger partial charge in [-0.3, -0.25) is 0 Å². The van der Waals surface area contributed by atoms with Crippen LogP contribution in [0.2, 0.25) is 0 Å². The summed E-state index contributed by atoms with van der Waals surface area (Å²) in [5.41, 5.74) is 2.93. The van der Waals surface area contributed by atoms with Gasteiger partial charge in [0.05, 0.1) is 0 Å². The van der Waals surface area contributed by atoms with E-state index in [0.29, 0.717) is 5.92 Å². The van der Waals surface area contributed by atoms with Crippen LogP contribution in [0.5, 0.6) is 0 Å². The van der Waals surface area contributed by atoms with E-state index in [1.54, 1.807) is 0 Å². The van der Waals surface area contributed by atoms with Crippen LogP contribution in [-0.4, -0.2) is 0 Å². The van der Waals surface area contributed by atoms with Gasteiger partial charge in [0.1, 0.15) is 0 Å². The maximum Gasteiger partial charge on any atom is 0.0270 e. The summed E-state index contributed by atoms with van der Waals surface area (Å²) < 4.78 is 0. The van der Waals surface area contributed by atoms with Crippen molar-refractivity contribution in [3.63, 3.8) is 0 Å². The number of fused-ring (bicyclic) bond motifs is 2. The Hall–Kier alpha value is -1.82. The third kappa shape index (κ3) is 8.13. The maximum atomic E-state index is 4.11. The van der Waals surface area contributed by atoms with Gasteiger partial charge < -0.3 is 0 Å². The zero-order valence-electron chi connectivity index (χ0n) is 21.5. The van der Waals surface area contributed by atoms with Crippen LogP contribution in [0.1, 0.15) is 88.0 Å². The molecule has 0 aromatic rings.